The van der Waals surface area contributed by atoms with Gasteiger partial charge in [0.25, 0.3) is 5.78 Å². The van der Waals surface area contributed by atoms with Crippen LogP contribution in [0.3, 0.4) is 0 Å². The lowest BCUT2D eigenvalue weighted by Crippen LogP contribution is -2.54. The van der Waals surface area contributed by atoms with Crippen LogP contribution in [-0.2, 0) is 9.53 Å². The maximum absolute atomic E-state index is 13.0. The SMILES string of the molecule is CCOC(=O)c1c(C)[nH]c(C(=O)C(=O)NN2CCN(C)CC2)c1-c1ccccc1. The lowest BCUT2D eigenvalue weighted by Gasteiger charge is -2.32. The molecule has 0 saturated carbocycles. The van der Waals surface area contributed by atoms with Gasteiger partial charge in [0, 0.05) is 37.4 Å². The first-order chi connectivity index (χ1) is 13.9. The van der Waals surface area contributed by atoms with Gasteiger partial charge >= 0.3 is 11.9 Å². The van der Waals surface area contributed by atoms with Crippen molar-refractivity contribution in [2.45, 2.75) is 13.8 Å². The molecule has 2 N–H and O–H groups in total. The Labute approximate surface area is 169 Å². The molecule has 0 radical (unpaired) electrons. The van der Waals surface area contributed by atoms with E-state index in [-0.39, 0.29) is 17.9 Å². The number of esters is 1. The smallest absolute Gasteiger partial charge is 0.340 e. The third-order valence-electron chi connectivity index (χ3n) is 4.93. The van der Waals surface area contributed by atoms with Gasteiger partial charge in [0.2, 0.25) is 0 Å². The van der Waals surface area contributed by atoms with Crippen molar-refractivity contribution in [2.75, 3.05) is 39.8 Å². The van der Waals surface area contributed by atoms with Crippen LogP contribution in [0, 0.1) is 6.92 Å². The number of aromatic amines is 1. The molecule has 1 aromatic heterocycles. The number of nitrogens with one attached hydrogen (secondary N) is 2. The Morgan fingerprint density at radius 1 is 1.10 bits per heavy atom. The number of rotatable bonds is 6. The fraction of sp³-hybridized carbons (Fsp3) is 0.381. The summed E-state index contributed by atoms with van der Waals surface area (Å²) in [6, 6.07) is 9.05. The number of Topliss-reactive ketones (excluding diaryl/α,β-unsaturated/α-hetero) is 1. The second kappa shape index (κ2) is 9.02. The van der Waals surface area contributed by atoms with E-state index in [4.69, 9.17) is 4.74 Å². The summed E-state index contributed by atoms with van der Waals surface area (Å²) in [5, 5.41) is 1.74. The fourth-order valence-electron chi connectivity index (χ4n) is 3.37. The number of aromatic nitrogens is 1. The van der Waals surface area contributed by atoms with Gasteiger partial charge in [-0.1, -0.05) is 30.3 Å². The van der Waals surface area contributed by atoms with E-state index in [1.54, 1.807) is 31.0 Å². The molecule has 2 heterocycles. The van der Waals surface area contributed by atoms with Gasteiger partial charge < -0.3 is 14.6 Å². The van der Waals surface area contributed by atoms with Gasteiger partial charge in [0.1, 0.15) is 5.69 Å². The average molecular weight is 398 g/mol. The number of hydrogen-bond donors (Lipinski definition) is 2. The van der Waals surface area contributed by atoms with Crippen LogP contribution in [0.1, 0.15) is 33.5 Å². The van der Waals surface area contributed by atoms with Crippen molar-refractivity contribution in [1.29, 1.82) is 0 Å². The van der Waals surface area contributed by atoms with E-state index in [1.807, 2.05) is 25.2 Å². The molecule has 154 valence electrons. The Hall–Kier alpha value is -2.97. The van der Waals surface area contributed by atoms with Gasteiger partial charge in [0.15, 0.2) is 0 Å². The molecule has 0 bridgehead atoms. The Kier molecular flexibility index (Phi) is 6.46. The number of likely N-dealkylation sites (N-methyl/N-ethyl adjacent to an activating group) is 1. The number of H-pyrrole nitrogens is 1. The number of ketones is 1. The van der Waals surface area contributed by atoms with Gasteiger partial charge in [-0.15, -0.1) is 0 Å². The number of ether oxygens (including phenoxy) is 1. The van der Waals surface area contributed by atoms with Crippen molar-refractivity contribution in [1.82, 2.24) is 20.3 Å². The van der Waals surface area contributed by atoms with Crippen LogP contribution >= 0.6 is 0 Å². The van der Waals surface area contributed by atoms with Crippen molar-refractivity contribution in [3.05, 3.63) is 47.3 Å². The molecule has 1 saturated heterocycles. The third-order valence-corrected chi connectivity index (χ3v) is 4.93. The number of piperazine rings is 1. The van der Waals surface area contributed by atoms with Crippen molar-refractivity contribution < 1.29 is 19.1 Å². The molecule has 1 aliphatic heterocycles. The van der Waals surface area contributed by atoms with Crippen LogP contribution in [-0.4, -0.2) is 72.4 Å². The molecular formula is C21H26N4O4. The average Bonchev–Trinajstić information content (AvgIpc) is 3.07. The minimum atomic E-state index is -0.733. The number of hydrazine groups is 1. The summed E-state index contributed by atoms with van der Waals surface area (Å²) in [7, 11) is 2.01. The molecule has 0 aliphatic carbocycles. The van der Waals surface area contributed by atoms with Crippen LogP contribution in [0.25, 0.3) is 11.1 Å². The van der Waals surface area contributed by atoms with Crippen molar-refractivity contribution in [3.63, 3.8) is 0 Å². The molecule has 0 atom stereocenters. The molecule has 1 aromatic carbocycles. The summed E-state index contributed by atoms with van der Waals surface area (Å²) in [6.45, 7) is 6.50. The van der Waals surface area contributed by atoms with Gasteiger partial charge in [-0.3, -0.25) is 15.0 Å². The first-order valence-corrected chi connectivity index (χ1v) is 9.66. The lowest BCUT2D eigenvalue weighted by molar-refractivity contribution is -0.122. The minimum Gasteiger partial charge on any atom is -0.462 e. The zero-order valence-corrected chi connectivity index (χ0v) is 16.9. The summed E-state index contributed by atoms with van der Waals surface area (Å²) in [6.07, 6.45) is 0. The molecule has 1 amide bonds. The van der Waals surface area contributed by atoms with Crippen molar-refractivity contribution >= 4 is 17.7 Å². The molecule has 1 fully saturated rings. The fourth-order valence-corrected chi connectivity index (χ4v) is 3.37. The zero-order valence-electron chi connectivity index (χ0n) is 16.9. The van der Waals surface area contributed by atoms with Gasteiger partial charge in [0.05, 0.1) is 12.2 Å². The molecule has 0 unspecified atom stereocenters. The number of nitrogens with zero attached hydrogens (tertiary/aromatic N) is 2. The minimum absolute atomic E-state index is 0.0865. The first kappa shape index (κ1) is 20.8. The summed E-state index contributed by atoms with van der Waals surface area (Å²) in [5.74, 6) is -1.98. The second-order valence-corrected chi connectivity index (χ2v) is 7.02. The van der Waals surface area contributed by atoms with Crippen LogP contribution in [0.15, 0.2) is 30.3 Å². The summed E-state index contributed by atoms with van der Waals surface area (Å²) < 4.78 is 5.17. The second-order valence-electron chi connectivity index (χ2n) is 7.02. The van der Waals surface area contributed by atoms with Crippen LogP contribution in [0.2, 0.25) is 0 Å². The molecule has 3 rings (SSSR count). The number of carbonyl (C=O) groups is 3. The number of carbonyl (C=O) groups excluding carboxylic acids is 3. The highest BCUT2D eigenvalue weighted by Crippen LogP contribution is 2.31. The molecule has 1 aliphatic rings. The Morgan fingerprint density at radius 3 is 2.38 bits per heavy atom. The van der Waals surface area contributed by atoms with Crippen LogP contribution < -0.4 is 5.43 Å². The van der Waals surface area contributed by atoms with Crippen molar-refractivity contribution in [2.24, 2.45) is 0 Å². The highest BCUT2D eigenvalue weighted by Gasteiger charge is 2.30. The maximum atomic E-state index is 13.0. The number of amides is 1. The first-order valence-electron chi connectivity index (χ1n) is 9.66. The van der Waals surface area contributed by atoms with E-state index >= 15 is 0 Å². The summed E-state index contributed by atoms with van der Waals surface area (Å²) in [4.78, 5) is 43.3. The largest absolute Gasteiger partial charge is 0.462 e. The monoisotopic (exact) mass is 398 g/mol. The predicted octanol–water partition coefficient (Wildman–Crippen LogP) is 1.63. The van der Waals surface area contributed by atoms with Crippen LogP contribution in [0.4, 0.5) is 0 Å². The Balaban J connectivity index is 1.93. The van der Waals surface area contributed by atoms with E-state index in [1.165, 1.54) is 0 Å². The highest BCUT2D eigenvalue weighted by molar-refractivity contribution is 6.43. The normalized spacial score (nSPS) is 15.1. The van der Waals surface area contributed by atoms with E-state index in [0.717, 1.165) is 13.1 Å². The van der Waals surface area contributed by atoms with Crippen LogP contribution in [0.5, 0.6) is 0 Å². The highest BCUT2D eigenvalue weighted by atomic mass is 16.5. The topological polar surface area (TPSA) is 94.7 Å². The van der Waals surface area contributed by atoms with E-state index < -0.39 is 17.7 Å². The number of benzene rings is 1. The summed E-state index contributed by atoms with van der Waals surface area (Å²) >= 11 is 0. The molecule has 8 heteroatoms. The van der Waals surface area contributed by atoms with Crippen molar-refractivity contribution in [3.8, 4) is 11.1 Å². The third kappa shape index (κ3) is 4.55. The summed E-state index contributed by atoms with van der Waals surface area (Å²) in [5.41, 5.74) is 4.58. The van der Waals surface area contributed by atoms with Gasteiger partial charge in [-0.05, 0) is 26.5 Å². The standard InChI is InChI=1S/C21H26N4O4/c1-4-29-21(28)16-14(2)22-18(17(16)15-8-6-5-7-9-15)19(26)20(27)23-25-12-10-24(3)11-13-25/h5-9,22H,4,10-13H2,1-3H3,(H,23,27). The molecule has 0 spiro atoms. The van der Waals surface area contributed by atoms with E-state index in [9.17, 15) is 14.4 Å². The molecule has 29 heavy (non-hydrogen) atoms. The Bertz CT molecular complexity index is 899. The van der Waals surface area contributed by atoms with Gasteiger partial charge in [-0.2, -0.15) is 0 Å². The number of hydrogen-bond acceptors (Lipinski definition) is 6. The molecular weight excluding hydrogens is 372 g/mol. The zero-order chi connectivity index (χ0) is 21.0. The maximum Gasteiger partial charge on any atom is 0.340 e. The Morgan fingerprint density at radius 2 is 1.76 bits per heavy atom. The lowest BCUT2D eigenvalue weighted by atomic mass is 9.98. The van der Waals surface area contributed by atoms with E-state index in [2.05, 4.69) is 15.3 Å². The van der Waals surface area contributed by atoms with Gasteiger partial charge in [-0.25, -0.2) is 9.80 Å². The molecule has 8 nitrogen and oxygen atoms in total. The quantitative estimate of drug-likeness (QED) is 0.436. The number of aryl methyl sites for hydroxylation is 1. The van der Waals surface area contributed by atoms with E-state index in [0.29, 0.717) is 29.9 Å². The molecule has 2 aromatic rings. The predicted molar refractivity (Wildman–Crippen MR) is 108 cm³/mol.